The van der Waals surface area contributed by atoms with Gasteiger partial charge in [0.1, 0.15) is 13.2 Å². The molecule has 0 radical (unpaired) electrons. The van der Waals surface area contributed by atoms with E-state index < -0.39 is 0 Å². The van der Waals surface area contributed by atoms with Crippen molar-refractivity contribution in [2.45, 2.75) is 26.2 Å². The van der Waals surface area contributed by atoms with Gasteiger partial charge < -0.3 is 19.1 Å². The summed E-state index contributed by atoms with van der Waals surface area (Å²) in [6.45, 7) is 8.21. The van der Waals surface area contributed by atoms with Crippen molar-refractivity contribution in [3.63, 3.8) is 0 Å². The molecule has 2 aromatic carbocycles. The Morgan fingerprint density at radius 1 is 0.821 bits per heavy atom. The molecule has 3 rings (SSSR count). The van der Waals surface area contributed by atoms with Crippen molar-refractivity contribution in [1.82, 2.24) is 0 Å². The molecule has 1 aliphatic rings. The van der Waals surface area contributed by atoms with E-state index in [9.17, 15) is 0 Å². The summed E-state index contributed by atoms with van der Waals surface area (Å²) in [6, 6.07) is 18.7. The molecule has 0 amide bonds. The molecule has 0 aromatic heterocycles. The van der Waals surface area contributed by atoms with Gasteiger partial charge in [0.2, 0.25) is 0 Å². The first-order chi connectivity index (χ1) is 13.8. The van der Waals surface area contributed by atoms with Gasteiger partial charge in [0.25, 0.3) is 0 Å². The molecule has 0 aliphatic carbocycles. The summed E-state index contributed by atoms with van der Waals surface area (Å²) in [4.78, 5) is 1.67. The quantitative estimate of drug-likeness (QED) is 0.605. The number of nitrogens with one attached hydrogen (secondary N) is 1. The summed E-state index contributed by atoms with van der Waals surface area (Å²) in [5, 5.41) is 0. The zero-order chi connectivity index (χ0) is 19.4. The highest BCUT2D eigenvalue weighted by Crippen LogP contribution is 2.26. The first kappa shape index (κ1) is 20.7. The van der Waals surface area contributed by atoms with Crippen LogP contribution in [0.5, 0.6) is 11.5 Å². The standard InChI is InChI=1S/C24H33NO3/c1-2-27-23-10-6-7-11-24(23)28-19-18-26-17-16-25-14-12-22(13-15-25)20-21-8-4-3-5-9-21/h3-11,22H,2,12-20H2,1H3/p+1. The number of piperidine rings is 1. The monoisotopic (exact) mass is 384 g/mol. The fraction of sp³-hybridized carbons (Fsp3) is 0.500. The van der Waals surface area contributed by atoms with Crippen molar-refractivity contribution in [3.05, 3.63) is 60.2 Å². The summed E-state index contributed by atoms with van der Waals surface area (Å²) in [7, 11) is 0. The topological polar surface area (TPSA) is 32.1 Å². The van der Waals surface area contributed by atoms with E-state index >= 15 is 0 Å². The van der Waals surface area contributed by atoms with Gasteiger partial charge in [-0.3, -0.25) is 0 Å². The zero-order valence-electron chi connectivity index (χ0n) is 17.1. The van der Waals surface area contributed by atoms with Crippen molar-refractivity contribution < 1.29 is 19.1 Å². The molecule has 4 nitrogen and oxygen atoms in total. The summed E-state index contributed by atoms with van der Waals surface area (Å²) in [6.07, 6.45) is 3.87. The number of benzene rings is 2. The van der Waals surface area contributed by atoms with Crippen molar-refractivity contribution in [2.75, 3.05) is 46.1 Å². The molecule has 1 saturated heterocycles. The predicted molar refractivity (Wildman–Crippen MR) is 112 cm³/mol. The van der Waals surface area contributed by atoms with Gasteiger partial charge in [0.05, 0.1) is 32.9 Å². The maximum Gasteiger partial charge on any atom is 0.161 e. The third-order valence-corrected chi connectivity index (χ3v) is 5.41. The van der Waals surface area contributed by atoms with Crippen LogP contribution in [0.25, 0.3) is 0 Å². The summed E-state index contributed by atoms with van der Waals surface area (Å²) in [5.41, 5.74) is 1.48. The van der Waals surface area contributed by atoms with E-state index in [1.165, 1.54) is 37.9 Å². The van der Waals surface area contributed by atoms with Crippen molar-refractivity contribution >= 4 is 0 Å². The maximum absolute atomic E-state index is 5.80. The summed E-state index contributed by atoms with van der Waals surface area (Å²) in [5.74, 6) is 2.43. The largest absolute Gasteiger partial charge is 0.490 e. The Kier molecular flexibility index (Phi) is 8.66. The molecule has 0 bridgehead atoms. The van der Waals surface area contributed by atoms with Crippen molar-refractivity contribution in [1.29, 1.82) is 0 Å². The highest BCUT2D eigenvalue weighted by Gasteiger charge is 2.21. The fourth-order valence-electron chi connectivity index (χ4n) is 3.86. The van der Waals surface area contributed by atoms with E-state index in [4.69, 9.17) is 14.2 Å². The third kappa shape index (κ3) is 6.84. The van der Waals surface area contributed by atoms with Gasteiger partial charge >= 0.3 is 0 Å². The molecule has 4 heteroatoms. The van der Waals surface area contributed by atoms with E-state index in [0.717, 1.165) is 30.6 Å². The smallest absolute Gasteiger partial charge is 0.161 e. The van der Waals surface area contributed by atoms with E-state index in [-0.39, 0.29) is 0 Å². The zero-order valence-corrected chi connectivity index (χ0v) is 17.1. The number of para-hydroxylation sites is 2. The molecule has 0 saturated carbocycles. The second-order valence-corrected chi connectivity index (χ2v) is 7.47. The summed E-state index contributed by atoms with van der Waals surface area (Å²) >= 11 is 0. The van der Waals surface area contributed by atoms with Gasteiger partial charge in [-0.2, -0.15) is 0 Å². The summed E-state index contributed by atoms with van der Waals surface area (Å²) < 4.78 is 17.2. The van der Waals surface area contributed by atoms with Crippen LogP contribution in [0.2, 0.25) is 0 Å². The highest BCUT2D eigenvalue weighted by atomic mass is 16.5. The number of hydrogen-bond donors (Lipinski definition) is 1. The molecule has 1 N–H and O–H groups in total. The minimum absolute atomic E-state index is 0.554. The maximum atomic E-state index is 5.80. The van der Waals surface area contributed by atoms with E-state index in [1.54, 1.807) is 4.90 Å². The van der Waals surface area contributed by atoms with Gasteiger partial charge in [0.15, 0.2) is 11.5 Å². The minimum Gasteiger partial charge on any atom is -0.490 e. The number of rotatable bonds is 11. The van der Waals surface area contributed by atoms with Gasteiger partial charge in [-0.15, -0.1) is 0 Å². The SMILES string of the molecule is CCOc1ccccc1OCCOCC[NH+]1CCC(Cc2ccccc2)CC1. The third-order valence-electron chi connectivity index (χ3n) is 5.41. The molecule has 1 fully saturated rings. The van der Waals surface area contributed by atoms with Crippen molar-refractivity contribution in [3.8, 4) is 11.5 Å². The van der Waals surface area contributed by atoms with Crippen LogP contribution < -0.4 is 14.4 Å². The van der Waals surface area contributed by atoms with Crippen molar-refractivity contribution in [2.24, 2.45) is 5.92 Å². The number of hydrogen-bond acceptors (Lipinski definition) is 3. The van der Waals surface area contributed by atoms with Crippen LogP contribution in [0.3, 0.4) is 0 Å². The molecule has 28 heavy (non-hydrogen) atoms. The van der Waals surface area contributed by atoms with E-state index in [2.05, 4.69) is 30.3 Å². The molecule has 152 valence electrons. The van der Waals surface area contributed by atoms with Crippen LogP contribution in [-0.2, 0) is 11.2 Å². The lowest BCUT2D eigenvalue weighted by molar-refractivity contribution is -0.906. The average Bonchev–Trinajstić information content (AvgIpc) is 2.74. The van der Waals surface area contributed by atoms with Crippen LogP contribution in [0.1, 0.15) is 25.3 Å². The molecule has 0 unspecified atom stereocenters. The van der Waals surface area contributed by atoms with Crippen LogP contribution in [0.15, 0.2) is 54.6 Å². The number of quaternary nitrogens is 1. The number of ether oxygens (including phenoxy) is 3. The first-order valence-corrected chi connectivity index (χ1v) is 10.6. The molecule has 0 atom stereocenters. The Balaban J connectivity index is 1.25. The Morgan fingerprint density at radius 3 is 2.21 bits per heavy atom. The van der Waals surface area contributed by atoms with Crippen LogP contribution >= 0.6 is 0 Å². The average molecular weight is 385 g/mol. The Labute approximate surface area is 169 Å². The van der Waals surface area contributed by atoms with Gasteiger partial charge in [-0.25, -0.2) is 0 Å². The van der Waals surface area contributed by atoms with Crippen LogP contribution in [0.4, 0.5) is 0 Å². The lowest BCUT2D eigenvalue weighted by atomic mass is 9.90. The van der Waals surface area contributed by atoms with Crippen LogP contribution in [-0.4, -0.2) is 46.1 Å². The van der Waals surface area contributed by atoms with Crippen LogP contribution in [0, 0.1) is 5.92 Å². The lowest BCUT2D eigenvalue weighted by Crippen LogP contribution is -3.13. The van der Waals surface area contributed by atoms with Gasteiger partial charge in [-0.1, -0.05) is 42.5 Å². The Hall–Kier alpha value is -2.04. The number of likely N-dealkylation sites (tertiary alicyclic amines) is 1. The molecular formula is C24H34NO3+. The lowest BCUT2D eigenvalue weighted by Gasteiger charge is -2.29. The van der Waals surface area contributed by atoms with Gasteiger partial charge in [-0.05, 0) is 49.8 Å². The molecule has 0 spiro atoms. The van der Waals surface area contributed by atoms with Gasteiger partial charge in [0, 0.05) is 0 Å². The van der Waals surface area contributed by atoms with E-state index in [0.29, 0.717) is 19.8 Å². The normalized spacial score (nSPS) is 19.3. The fourth-order valence-corrected chi connectivity index (χ4v) is 3.86. The van der Waals surface area contributed by atoms with E-state index in [1.807, 2.05) is 31.2 Å². The Bertz CT molecular complexity index is 669. The molecule has 1 aliphatic heterocycles. The second-order valence-electron chi connectivity index (χ2n) is 7.47. The molecule has 2 aromatic rings. The highest BCUT2D eigenvalue weighted by molar-refractivity contribution is 5.39. The Morgan fingerprint density at radius 2 is 1.50 bits per heavy atom. The minimum atomic E-state index is 0.554. The molecule has 1 heterocycles. The predicted octanol–water partition coefficient (Wildman–Crippen LogP) is 3.02. The molecular weight excluding hydrogens is 350 g/mol. The first-order valence-electron chi connectivity index (χ1n) is 10.6. The second kappa shape index (κ2) is 11.7.